The Kier molecular flexibility index (Phi) is 6.19. The molecular formula is C21H22N2O3S. The van der Waals surface area contributed by atoms with Crippen LogP contribution in [0, 0.1) is 6.92 Å². The van der Waals surface area contributed by atoms with Gasteiger partial charge in [0.15, 0.2) is 0 Å². The van der Waals surface area contributed by atoms with Crippen LogP contribution in [0.3, 0.4) is 0 Å². The van der Waals surface area contributed by atoms with Gasteiger partial charge >= 0.3 is 0 Å². The van der Waals surface area contributed by atoms with E-state index in [9.17, 15) is 9.00 Å². The van der Waals surface area contributed by atoms with E-state index in [2.05, 4.69) is 10.3 Å². The second-order valence-electron chi connectivity index (χ2n) is 6.16. The molecule has 1 N–H and O–H groups in total. The van der Waals surface area contributed by atoms with Gasteiger partial charge in [-0.1, -0.05) is 25.1 Å². The van der Waals surface area contributed by atoms with Crippen molar-refractivity contribution in [2.24, 2.45) is 0 Å². The zero-order valence-electron chi connectivity index (χ0n) is 15.4. The van der Waals surface area contributed by atoms with E-state index in [1.165, 1.54) is 0 Å². The fourth-order valence-corrected chi connectivity index (χ4v) is 3.71. The van der Waals surface area contributed by atoms with E-state index in [-0.39, 0.29) is 5.91 Å². The quantitative estimate of drug-likeness (QED) is 0.668. The van der Waals surface area contributed by atoms with Crippen LogP contribution in [-0.4, -0.2) is 21.6 Å². The van der Waals surface area contributed by atoms with Gasteiger partial charge in [-0.25, -0.2) is 4.98 Å². The molecule has 1 aromatic heterocycles. The van der Waals surface area contributed by atoms with Crippen molar-refractivity contribution in [3.05, 3.63) is 71.6 Å². The van der Waals surface area contributed by atoms with Crippen molar-refractivity contribution in [1.82, 2.24) is 10.3 Å². The van der Waals surface area contributed by atoms with Gasteiger partial charge in [-0.05, 0) is 49.7 Å². The second kappa shape index (κ2) is 8.77. The first-order valence-electron chi connectivity index (χ1n) is 8.87. The number of nitrogens with one attached hydrogen (secondary N) is 1. The van der Waals surface area contributed by atoms with Crippen molar-refractivity contribution in [3.63, 3.8) is 0 Å². The summed E-state index contributed by atoms with van der Waals surface area (Å²) in [7, 11) is -1.18. The first-order valence-corrected chi connectivity index (χ1v) is 10.2. The van der Waals surface area contributed by atoms with Crippen LogP contribution in [-0.2, 0) is 16.6 Å². The lowest BCUT2D eigenvalue weighted by molar-refractivity contribution is 0.0953. The van der Waals surface area contributed by atoms with E-state index in [0.29, 0.717) is 35.2 Å². The molecule has 0 spiro atoms. The van der Waals surface area contributed by atoms with Crippen LogP contribution in [0.4, 0.5) is 0 Å². The number of carbonyl (C=O) groups is 1. The maximum absolute atomic E-state index is 12.5. The predicted molar refractivity (Wildman–Crippen MR) is 106 cm³/mol. The molecule has 3 aromatic rings. The fourth-order valence-electron chi connectivity index (χ4n) is 2.57. The van der Waals surface area contributed by atoms with Crippen LogP contribution in [0.15, 0.2) is 63.9 Å². The highest BCUT2D eigenvalue weighted by molar-refractivity contribution is 7.84. The molecule has 0 aliphatic carbocycles. The monoisotopic (exact) mass is 382 g/mol. The van der Waals surface area contributed by atoms with Crippen molar-refractivity contribution in [3.8, 4) is 11.5 Å². The Hall–Kier alpha value is -2.73. The first kappa shape index (κ1) is 19.0. The molecule has 1 amide bonds. The number of rotatable bonds is 7. The Morgan fingerprint density at radius 3 is 2.48 bits per heavy atom. The number of nitrogens with zero attached hydrogens (tertiary/aromatic N) is 1. The van der Waals surface area contributed by atoms with Gasteiger partial charge in [-0.2, -0.15) is 0 Å². The average Bonchev–Trinajstić information content (AvgIpc) is 3.07. The van der Waals surface area contributed by atoms with Crippen LogP contribution in [0.1, 0.15) is 35.2 Å². The Morgan fingerprint density at radius 2 is 1.81 bits per heavy atom. The standard InChI is InChI=1S/C21H22N2O3S/c1-3-13-22-20(24)16-9-11-17(12-10-16)21-23-19(15(2)26-21)14-27(25)18-7-5-4-6-8-18/h4-12H,3,13-14H2,1-2H3,(H,22,24). The summed E-state index contributed by atoms with van der Waals surface area (Å²) in [5, 5.41) is 2.85. The minimum absolute atomic E-state index is 0.0917. The van der Waals surface area contributed by atoms with Crippen LogP contribution >= 0.6 is 0 Å². The van der Waals surface area contributed by atoms with Gasteiger partial charge in [0.2, 0.25) is 5.89 Å². The van der Waals surface area contributed by atoms with Gasteiger partial charge in [-0.3, -0.25) is 9.00 Å². The first-order chi connectivity index (χ1) is 13.1. The summed E-state index contributed by atoms with van der Waals surface area (Å²) in [6, 6.07) is 16.4. The molecule has 0 saturated carbocycles. The van der Waals surface area contributed by atoms with Gasteiger partial charge in [-0.15, -0.1) is 0 Å². The van der Waals surface area contributed by atoms with Gasteiger partial charge < -0.3 is 9.73 Å². The molecule has 0 bridgehead atoms. The molecule has 0 saturated heterocycles. The molecule has 3 rings (SSSR count). The average molecular weight is 382 g/mol. The highest BCUT2D eigenvalue weighted by Crippen LogP contribution is 2.24. The van der Waals surface area contributed by atoms with E-state index in [1.807, 2.05) is 56.3 Å². The lowest BCUT2D eigenvalue weighted by atomic mass is 10.1. The van der Waals surface area contributed by atoms with Crippen LogP contribution < -0.4 is 5.32 Å². The third-order valence-electron chi connectivity index (χ3n) is 4.10. The minimum Gasteiger partial charge on any atom is -0.441 e. The molecule has 0 radical (unpaired) electrons. The summed E-state index contributed by atoms with van der Waals surface area (Å²) >= 11 is 0. The van der Waals surface area contributed by atoms with E-state index >= 15 is 0 Å². The van der Waals surface area contributed by atoms with Crippen molar-refractivity contribution in [2.45, 2.75) is 30.9 Å². The van der Waals surface area contributed by atoms with Crippen LogP contribution in [0.25, 0.3) is 11.5 Å². The number of benzene rings is 2. The molecule has 0 fully saturated rings. The second-order valence-corrected chi connectivity index (χ2v) is 7.61. The SMILES string of the molecule is CCCNC(=O)c1ccc(-c2nc(CS(=O)c3ccccc3)c(C)o2)cc1. The zero-order chi connectivity index (χ0) is 19.2. The van der Waals surface area contributed by atoms with Gasteiger partial charge in [0, 0.05) is 22.6 Å². The Balaban J connectivity index is 1.74. The number of aromatic nitrogens is 1. The van der Waals surface area contributed by atoms with Gasteiger partial charge in [0.1, 0.15) is 5.76 Å². The molecule has 1 heterocycles. The smallest absolute Gasteiger partial charge is 0.251 e. The Bertz CT molecular complexity index is 934. The molecule has 27 heavy (non-hydrogen) atoms. The lowest BCUT2D eigenvalue weighted by Crippen LogP contribution is -2.23. The highest BCUT2D eigenvalue weighted by Gasteiger charge is 2.15. The number of hydrogen-bond acceptors (Lipinski definition) is 4. The fraction of sp³-hybridized carbons (Fsp3) is 0.238. The van der Waals surface area contributed by atoms with E-state index in [1.54, 1.807) is 12.1 Å². The van der Waals surface area contributed by atoms with Crippen molar-refractivity contribution in [1.29, 1.82) is 0 Å². The largest absolute Gasteiger partial charge is 0.441 e. The molecule has 140 valence electrons. The third-order valence-corrected chi connectivity index (χ3v) is 5.43. The number of oxazole rings is 1. The van der Waals surface area contributed by atoms with Crippen LogP contribution in [0.5, 0.6) is 0 Å². The molecular weight excluding hydrogens is 360 g/mol. The molecule has 5 nitrogen and oxygen atoms in total. The molecule has 0 aliphatic rings. The molecule has 2 aromatic carbocycles. The summed E-state index contributed by atoms with van der Waals surface area (Å²) in [6.07, 6.45) is 0.895. The van der Waals surface area contributed by atoms with Crippen molar-refractivity contribution in [2.75, 3.05) is 6.54 Å². The molecule has 6 heteroatoms. The summed E-state index contributed by atoms with van der Waals surface area (Å²) in [5.74, 6) is 1.33. The predicted octanol–water partition coefficient (Wildman–Crippen LogP) is 4.10. The molecule has 1 atom stereocenters. The maximum Gasteiger partial charge on any atom is 0.251 e. The number of amides is 1. The van der Waals surface area contributed by atoms with Gasteiger partial charge in [0.05, 0.1) is 22.2 Å². The number of carbonyl (C=O) groups excluding carboxylic acids is 1. The lowest BCUT2D eigenvalue weighted by Gasteiger charge is -2.03. The van der Waals surface area contributed by atoms with Crippen molar-refractivity contribution >= 4 is 16.7 Å². The minimum atomic E-state index is -1.18. The van der Waals surface area contributed by atoms with Gasteiger partial charge in [0.25, 0.3) is 5.91 Å². The van der Waals surface area contributed by atoms with E-state index in [4.69, 9.17) is 4.42 Å². The van der Waals surface area contributed by atoms with E-state index < -0.39 is 10.8 Å². The maximum atomic E-state index is 12.5. The molecule has 0 aliphatic heterocycles. The summed E-state index contributed by atoms with van der Waals surface area (Å²) in [5.41, 5.74) is 2.06. The molecule has 1 unspecified atom stereocenters. The normalized spacial score (nSPS) is 11.9. The van der Waals surface area contributed by atoms with Crippen LogP contribution in [0.2, 0.25) is 0 Å². The number of hydrogen-bond donors (Lipinski definition) is 1. The van der Waals surface area contributed by atoms with E-state index in [0.717, 1.165) is 16.9 Å². The van der Waals surface area contributed by atoms with Crippen molar-refractivity contribution < 1.29 is 13.4 Å². The highest BCUT2D eigenvalue weighted by atomic mass is 32.2. The summed E-state index contributed by atoms with van der Waals surface area (Å²) < 4.78 is 18.3. The third kappa shape index (κ3) is 4.71. The summed E-state index contributed by atoms with van der Waals surface area (Å²) in [6.45, 7) is 4.48. The Labute approximate surface area is 161 Å². The number of aryl methyl sites for hydroxylation is 1. The zero-order valence-corrected chi connectivity index (χ0v) is 16.2. The topological polar surface area (TPSA) is 72.2 Å². The Morgan fingerprint density at radius 1 is 1.11 bits per heavy atom. The summed E-state index contributed by atoms with van der Waals surface area (Å²) in [4.78, 5) is 17.3.